The Morgan fingerprint density at radius 1 is 0.367 bits per heavy atom. The van der Waals surface area contributed by atoms with E-state index in [1.165, 1.54) is 54.8 Å². The average molecular weight is 767 g/mol. The molecular weight excluding hydrogens is 729 g/mol. The van der Waals surface area contributed by atoms with Gasteiger partial charge in [-0.3, -0.25) is 0 Å². The summed E-state index contributed by atoms with van der Waals surface area (Å²) in [7, 11) is 0. The van der Waals surface area contributed by atoms with Crippen molar-refractivity contribution < 1.29 is 0 Å². The van der Waals surface area contributed by atoms with Crippen molar-refractivity contribution in [3.63, 3.8) is 0 Å². The van der Waals surface area contributed by atoms with Crippen LogP contribution in [-0.2, 0) is 5.41 Å². The van der Waals surface area contributed by atoms with Gasteiger partial charge in [-0.25, -0.2) is 15.0 Å². The highest BCUT2D eigenvalue weighted by Gasteiger charge is 2.37. The van der Waals surface area contributed by atoms with Crippen molar-refractivity contribution in [2.24, 2.45) is 0 Å². The second kappa shape index (κ2) is 13.2. The second-order valence-corrected chi connectivity index (χ2v) is 16.4. The van der Waals surface area contributed by atoms with E-state index in [0.29, 0.717) is 17.5 Å². The van der Waals surface area contributed by atoms with Crippen molar-refractivity contribution in [3.8, 4) is 62.1 Å². The normalized spacial score (nSPS) is 13.0. The van der Waals surface area contributed by atoms with Gasteiger partial charge in [-0.15, -0.1) is 0 Å². The van der Waals surface area contributed by atoms with Gasteiger partial charge in [0.15, 0.2) is 17.5 Å². The number of aromatic nitrogens is 4. The van der Waals surface area contributed by atoms with Crippen LogP contribution in [0.3, 0.4) is 0 Å². The lowest BCUT2D eigenvalue weighted by Crippen LogP contribution is -2.15. The zero-order valence-corrected chi connectivity index (χ0v) is 33.3. The van der Waals surface area contributed by atoms with E-state index in [-0.39, 0.29) is 5.41 Å². The molecule has 0 bridgehead atoms. The zero-order chi connectivity index (χ0) is 40.0. The lowest BCUT2D eigenvalue weighted by atomic mass is 9.82. The molecule has 9 aromatic carbocycles. The number of nitrogens with zero attached hydrogens (tertiary/aromatic N) is 4. The van der Waals surface area contributed by atoms with E-state index in [0.717, 1.165) is 44.3 Å². The summed E-state index contributed by atoms with van der Waals surface area (Å²) in [5.74, 6) is 1.91. The number of fused-ring (bicyclic) bond motifs is 9. The quantitative estimate of drug-likeness (QED) is 0.175. The van der Waals surface area contributed by atoms with Crippen LogP contribution in [0.2, 0.25) is 0 Å². The maximum Gasteiger partial charge on any atom is 0.164 e. The smallest absolute Gasteiger partial charge is 0.164 e. The van der Waals surface area contributed by atoms with Crippen molar-refractivity contribution in [3.05, 3.63) is 205 Å². The summed E-state index contributed by atoms with van der Waals surface area (Å²) >= 11 is 0. The highest BCUT2D eigenvalue weighted by Crippen LogP contribution is 2.53. The van der Waals surface area contributed by atoms with Gasteiger partial charge < -0.3 is 4.57 Å². The Morgan fingerprint density at radius 3 is 1.78 bits per heavy atom. The largest absolute Gasteiger partial charge is 0.309 e. The molecule has 0 amide bonds. The van der Waals surface area contributed by atoms with E-state index in [1.807, 2.05) is 24.3 Å². The molecule has 0 unspecified atom stereocenters. The molecule has 0 saturated carbocycles. The lowest BCUT2D eigenvalue weighted by Gasteiger charge is -2.22. The third kappa shape index (κ3) is 5.20. The molecule has 2 aromatic heterocycles. The fourth-order valence-electron chi connectivity index (χ4n) is 9.71. The summed E-state index contributed by atoms with van der Waals surface area (Å²) in [6.07, 6.45) is 0. The SMILES string of the molecule is CC1(C)c2cc3c(cc2-c2c1ccc1ccccc21)c1ccccc1n3-c1ccc(-c2nc(-c3ccccc3)nc(-c3cccc(-c4ccccc4)c3)n2)c2ccccc12. The highest BCUT2D eigenvalue weighted by molar-refractivity contribution is 6.15. The minimum atomic E-state index is -0.163. The summed E-state index contributed by atoms with van der Waals surface area (Å²) in [6.45, 7) is 4.75. The first-order valence-corrected chi connectivity index (χ1v) is 20.6. The van der Waals surface area contributed by atoms with Crippen molar-refractivity contribution >= 4 is 43.4 Å². The fourth-order valence-corrected chi connectivity index (χ4v) is 9.71. The number of hydrogen-bond donors (Lipinski definition) is 0. The van der Waals surface area contributed by atoms with E-state index in [1.54, 1.807) is 0 Å². The Hall–Kier alpha value is -7.69. The molecule has 0 spiro atoms. The molecule has 0 aliphatic heterocycles. The maximum atomic E-state index is 5.24. The number of rotatable bonds is 5. The summed E-state index contributed by atoms with van der Waals surface area (Å²) < 4.78 is 2.47. The van der Waals surface area contributed by atoms with Crippen LogP contribution in [0.5, 0.6) is 0 Å². The lowest BCUT2D eigenvalue weighted by molar-refractivity contribution is 0.661. The van der Waals surface area contributed by atoms with Crippen LogP contribution in [0.25, 0.3) is 105 Å². The standard InChI is InChI=1S/C56H38N4/c1-56(2)47-30-28-36-18-9-10-23-40(36)52(47)46-33-45-43-26-13-14-27-49(43)60(51(45)34-48(46)56)50-31-29-44(41-24-11-12-25-42(41)50)55-58-53(37-19-7-4-8-20-37)57-54(59-55)39-22-15-21-38(32-39)35-16-5-3-6-17-35/h3-34H,1-2H3. The molecular formula is C56H38N4. The van der Waals surface area contributed by atoms with E-state index in [9.17, 15) is 0 Å². The van der Waals surface area contributed by atoms with Crippen molar-refractivity contribution in [1.82, 2.24) is 19.5 Å². The third-order valence-electron chi connectivity index (χ3n) is 12.6. The van der Waals surface area contributed by atoms with Crippen molar-refractivity contribution in [2.75, 3.05) is 0 Å². The van der Waals surface area contributed by atoms with E-state index < -0.39 is 0 Å². The first kappa shape index (κ1) is 34.4. The maximum absolute atomic E-state index is 5.24. The summed E-state index contributed by atoms with van der Waals surface area (Å²) in [5.41, 5.74) is 13.9. The van der Waals surface area contributed by atoms with Crippen LogP contribution in [0.1, 0.15) is 25.0 Å². The fraction of sp³-hybridized carbons (Fsp3) is 0.0536. The molecule has 0 N–H and O–H groups in total. The molecule has 2 heterocycles. The van der Waals surface area contributed by atoms with Gasteiger partial charge in [0.1, 0.15) is 0 Å². The summed E-state index contributed by atoms with van der Waals surface area (Å²) in [4.78, 5) is 15.5. The van der Waals surface area contributed by atoms with E-state index >= 15 is 0 Å². The van der Waals surface area contributed by atoms with Gasteiger partial charge in [0.25, 0.3) is 0 Å². The first-order chi connectivity index (χ1) is 29.5. The molecule has 0 fully saturated rings. The van der Waals surface area contributed by atoms with Gasteiger partial charge in [0, 0.05) is 38.3 Å². The Labute approximate surface area is 348 Å². The van der Waals surface area contributed by atoms with Gasteiger partial charge in [-0.05, 0) is 85.9 Å². The molecule has 0 atom stereocenters. The Balaban J connectivity index is 1.07. The topological polar surface area (TPSA) is 43.6 Å². The van der Waals surface area contributed by atoms with Gasteiger partial charge in [-0.1, -0.05) is 172 Å². The Morgan fingerprint density at radius 2 is 0.983 bits per heavy atom. The van der Waals surface area contributed by atoms with Crippen LogP contribution in [-0.4, -0.2) is 19.5 Å². The summed E-state index contributed by atoms with van der Waals surface area (Å²) in [6, 6.07) is 69.5. The van der Waals surface area contributed by atoms with Crippen molar-refractivity contribution in [1.29, 1.82) is 0 Å². The predicted molar refractivity (Wildman–Crippen MR) is 248 cm³/mol. The number of hydrogen-bond acceptors (Lipinski definition) is 3. The van der Waals surface area contributed by atoms with Crippen LogP contribution in [0, 0.1) is 0 Å². The minimum Gasteiger partial charge on any atom is -0.309 e. The van der Waals surface area contributed by atoms with Gasteiger partial charge in [-0.2, -0.15) is 0 Å². The average Bonchev–Trinajstić information content (AvgIpc) is 3.75. The molecule has 12 rings (SSSR count). The van der Waals surface area contributed by atoms with E-state index in [2.05, 4.69) is 188 Å². The minimum absolute atomic E-state index is 0.163. The monoisotopic (exact) mass is 766 g/mol. The van der Waals surface area contributed by atoms with Crippen LogP contribution in [0.15, 0.2) is 194 Å². The van der Waals surface area contributed by atoms with Gasteiger partial charge >= 0.3 is 0 Å². The zero-order valence-electron chi connectivity index (χ0n) is 33.3. The third-order valence-corrected chi connectivity index (χ3v) is 12.6. The molecule has 11 aromatic rings. The highest BCUT2D eigenvalue weighted by atomic mass is 15.0. The van der Waals surface area contributed by atoms with Crippen LogP contribution < -0.4 is 0 Å². The van der Waals surface area contributed by atoms with E-state index in [4.69, 9.17) is 15.0 Å². The molecule has 0 saturated heterocycles. The molecule has 1 aliphatic rings. The molecule has 1 aliphatic carbocycles. The van der Waals surface area contributed by atoms with Crippen molar-refractivity contribution in [2.45, 2.75) is 19.3 Å². The Bertz CT molecular complexity index is 3510. The van der Waals surface area contributed by atoms with Gasteiger partial charge in [0.2, 0.25) is 0 Å². The number of para-hydroxylation sites is 1. The first-order valence-electron chi connectivity index (χ1n) is 20.6. The molecule has 4 heteroatoms. The van der Waals surface area contributed by atoms with Crippen LogP contribution >= 0.6 is 0 Å². The van der Waals surface area contributed by atoms with Gasteiger partial charge in [0.05, 0.1) is 16.7 Å². The molecule has 60 heavy (non-hydrogen) atoms. The summed E-state index contributed by atoms with van der Waals surface area (Å²) in [5, 5.41) is 7.28. The molecule has 4 nitrogen and oxygen atoms in total. The number of benzene rings is 9. The predicted octanol–water partition coefficient (Wildman–Crippen LogP) is 14.2. The molecule has 0 radical (unpaired) electrons. The second-order valence-electron chi connectivity index (χ2n) is 16.4. The van der Waals surface area contributed by atoms with Crippen LogP contribution in [0.4, 0.5) is 0 Å². The molecule has 282 valence electrons. The Kier molecular flexibility index (Phi) is 7.54.